The van der Waals surface area contributed by atoms with E-state index in [4.69, 9.17) is 20.4 Å². The van der Waals surface area contributed by atoms with Crippen molar-refractivity contribution >= 4 is 12.4 Å². The molecular formula is C5H19ClN4O4. The first-order valence-corrected chi connectivity index (χ1v) is 3.60. The van der Waals surface area contributed by atoms with Crippen molar-refractivity contribution in [1.29, 1.82) is 0 Å². The minimum absolute atomic E-state index is 0. The molecule has 9 heteroatoms. The van der Waals surface area contributed by atoms with E-state index < -0.39 is 6.29 Å². The Morgan fingerprint density at radius 1 is 0.857 bits per heavy atom. The number of hydrogen-bond acceptors (Lipinski definition) is 8. The summed E-state index contributed by atoms with van der Waals surface area (Å²) in [6.45, 7) is -0.944. The average molecular weight is 235 g/mol. The van der Waals surface area contributed by atoms with Crippen LogP contribution in [0.1, 0.15) is 0 Å². The van der Waals surface area contributed by atoms with Crippen molar-refractivity contribution in [2.75, 3.05) is 26.9 Å². The van der Waals surface area contributed by atoms with Crippen LogP contribution < -0.4 is 21.7 Å². The van der Waals surface area contributed by atoms with Gasteiger partial charge in [0, 0.05) is 0 Å². The second kappa shape index (κ2) is 18.7. The standard InChI is InChI=1S/C4H13N3O3.CH5NO.ClH/c8-1-5-4(6-2-9)7-3-10;2-1-3;/h4-10H,1-3H2;3H,1-2H2;1H. The van der Waals surface area contributed by atoms with Gasteiger partial charge in [0.25, 0.3) is 0 Å². The molecule has 0 rings (SSSR count). The number of nitrogens with one attached hydrogen (secondary N) is 3. The monoisotopic (exact) mass is 234 g/mol. The molecule has 0 aromatic heterocycles. The summed E-state index contributed by atoms with van der Waals surface area (Å²) in [6, 6.07) is 0. The number of nitrogens with two attached hydrogens (primary N) is 1. The van der Waals surface area contributed by atoms with E-state index in [1.165, 1.54) is 0 Å². The van der Waals surface area contributed by atoms with Gasteiger partial charge in [-0.15, -0.1) is 12.4 Å². The van der Waals surface area contributed by atoms with Crippen molar-refractivity contribution in [3.63, 3.8) is 0 Å². The molecule has 0 radical (unpaired) electrons. The summed E-state index contributed by atoms with van der Waals surface area (Å²) in [5.41, 5.74) is 4.40. The van der Waals surface area contributed by atoms with Crippen molar-refractivity contribution in [1.82, 2.24) is 16.0 Å². The second-order valence-electron chi connectivity index (χ2n) is 1.70. The summed E-state index contributed by atoms with van der Waals surface area (Å²) in [7, 11) is 0. The van der Waals surface area contributed by atoms with Crippen LogP contribution in [0.25, 0.3) is 0 Å². The summed E-state index contributed by atoms with van der Waals surface area (Å²) >= 11 is 0. The summed E-state index contributed by atoms with van der Waals surface area (Å²) in [6.07, 6.45) is -0.472. The molecule has 0 amide bonds. The first-order valence-electron chi connectivity index (χ1n) is 3.60. The third-order valence-electron chi connectivity index (χ3n) is 0.886. The molecule has 0 aliphatic heterocycles. The number of halogens is 1. The van der Waals surface area contributed by atoms with Crippen LogP contribution in [0.3, 0.4) is 0 Å². The molecule has 0 aliphatic rings. The lowest BCUT2D eigenvalue weighted by Gasteiger charge is -2.17. The van der Waals surface area contributed by atoms with Gasteiger partial charge in [-0.25, -0.2) is 0 Å². The molecule has 0 spiro atoms. The number of aliphatic hydroxyl groups excluding tert-OH is 4. The SMILES string of the molecule is Cl.NCO.OCNC(NCO)NCO. The largest absolute Gasteiger partial charge is 0.382 e. The zero-order chi connectivity index (χ0) is 10.5. The van der Waals surface area contributed by atoms with Gasteiger partial charge in [-0.1, -0.05) is 0 Å². The van der Waals surface area contributed by atoms with Gasteiger partial charge in [-0.2, -0.15) is 0 Å². The lowest BCUT2D eigenvalue weighted by Crippen LogP contribution is -2.53. The molecule has 0 fully saturated rings. The molecule has 0 aromatic carbocycles. The highest BCUT2D eigenvalue weighted by Crippen LogP contribution is 1.66. The number of rotatable bonds is 6. The van der Waals surface area contributed by atoms with E-state index in [1.807, 2.05) is 0 Å². The third-order valence-corrected chi connectivity index (χ3v) is 0.886. The van der Waals surface area contributed by atoms with Crippen LogP contribution in [0.2, 0.25) is 0 Å². The minimum Gasteiger partial charge on any atom is -0.382 e. The summed E-state index contributed by atoms with van der Waals surface area (Å²) < 4.78 is 0. The quantitative estimate of drug-likeness (QED) is 0.219. The highest BCUT2D eigenvalue weighted by Gasteiger charge is 2.00. The van der Waals surface area contributed by atoms with E-state index in [9.17, 15) is 0 Å². The highest BCUT2D eigenvalue weighted by atomic mass is 35.5. The van der Waals surface area contributed by atoms with Gasteiger partial charge in [0.1, 0.15) is 6.29 Å². The van der Waals surface area contributed by atoms with Crippen molar-refractivity contribution in [3.05, 3.63) is 0 Å². The molecule has 0 aliphatic carbocycles. The Morgan fingerprint density at radius 3 is 1.21 bits per heavy atom. The fourth-order valence-corrected chi connectivity index (χ4v) is 0.490. The lowest BCUT2D eigenvalue weighted by atomic mass is 10.7. The normalized spacial score (nSPS) is 9.00. The predicted molar refractivity (Wildman–Crippen MR) is 53.0 cm³/mol. The van der Waals surface area contributed by atoms with E-state index in [-0.39, 0.29) is 39.3 Å². The van der Waals surface area contributed by atoms with Crippen LogP contribution >= 0.6 is 12.4 Å². The highest BCUT2D eigenvalue weighted by molar-refractivity contribution is 5.85. The van der Waals surface area contributed by atoms with Gasteiger partial charge in [-0.05, 0) is 0 Å². The first kappa shape index (κ1) is 19.5. The van der Waals surface area contributed by atoms with Gasteiger partial charge in [0.05, 0.1) is 26.9 Å². The summed E-state index contributed by atoms with van der Waals surface area (Å²) in [4.78, 5) is 0. The van der Waals surface area contributed by atoms with Gasteiger partial charge < -0.3 is 26.2 Å². The maximum Gasteiger partial charge on any atom is 0.117 e. The van der Waals surface area contributed by atoms with E-state index in [0.717, 1.165) is 0 Å². The second-order valence-corrected chi connectivity index (χ2v) is 1.70. The van der Waals surface area contributed by atoms with Gasteiger partial charge in [0.15, 0.2) is 0 Å². The predicted octanol–water partition coefficient (Wildman–Crippen LogP) is -3.80. The van der Waals surface area contributed by atoms with Crippen molar-refractivity contribution < 1.29 is 20.4 Å². The molecule has 0 atom stereocenters. The zero-order valence-corrected chi connectivity index (χ0v) is 8.50. The number of hydrogen-bond donors (Lipinski definition) is 8. The van der Waals surface area contributed by atoms with Crippen LogP contribution in [-0.4, -0.2) is 53.6 Å². The van der Waals surface area contributed by atoms with Gasteiger partial charge in [-0.3, -0.25) is 16.0 Å². The molecular weight excluding hydrogens is 216 g/mol. The van der Waals surface area contributed by atoms with Crippen LogP contribution in [0.4, 0.5) is 0 Å². The Hall–Kier alpha value is -0.0300. The molecule has 0 bridgehead atoms. The molecule has 8 nitrogen and oxygen atoms in total. The zero-order valence-electron chi connectivity index (χ0n) is 7.68. The van der Waals surface area contributed by atoms with E-state index in [0.29, 0.717) is 0 Å². The van der Waals surface area contributed by atoms with Crippen molar-refractivity contribution in [2.45, 2.75) is 6.29 Å². The van der Waals surface area contributed by atoms with E-state index in [1.54, 1.807) is 0 Å². The topological polar surface area (TPSA) is 143 Å². The average Bonchev–Trinajstić information content (AvgIpc) is 2.07. The van der Waals surface area contributed by atoms with E-state index in [2.05, 4.69) is 21.7 Å². The summed E-state index contributed by atoms with van der Waals surface area (Å²) in [5.74, 6) is 0. The van der Waals surface area contributed by atoms with Gasteiger partial charge >= 0.3 is 0 Å². The maximum absolute atomic E-state index is 8.34. The van der Waals surface area contributed by atoms with Crippen molar-refractivity contribution in [3.8, 4) is 0 Å². The van der Waals surface area contributed by atoms with Gasteiger partial charge in [0.2, 0.25) is 0 Å². The summed E-state index contributed by atoms with van der Waals surface area (Å²) in [5, 5.41) is 39.8. The molecule has 0 heterocycles. The fraction of sp³-hybridized carbons (Fsp3) is 1.00. The molecule has 9 N–H and O–H groups in total. The first-order chi connectivity index (χ1) is 6.26. The van der Waals surface area contributed by atoms with Crippen LogP contribution in [0, 0.1) is 0 Å². The molecule has 0 saturated heterocycles. The smallest absolute Gasteiger partial charge is 0.117 e. The third kappa shape index (κ3) is 17.9. The molecule has 0 saturated carbocycles. The molecule has 0 unspecified atom stereocenters. The van der Waals surface area contributed by atoms with Crippen LogP contribution in [-0.2, 0) is 0 Å². The van der Waals surface area contributed by atoms with Crippen LogP contribution in [0.15, 0.2) is 0 Å². The Labute approximate surface area is 88.5 Å². The maximum atomic E-state index is 8.34. The Morgan fingerprint density at radius 2 is 1.07 bits per heavy atom. The molecule has 14 heavy (non-hydrogen) atoms. The van der Waals surface area contributed by atoms with Crippen LogP contribution in [0.5, 0.6) is 0 Å². The molecule has 90 valence electrons. The van der Waals surface area contributed by atoms with E-state index >= 15 is 0 Å². The minimum atomic E-state index is -0.472. The van der Waals surface area contributed by atoms with Crippen molar-refractivity contribution in [2.24, 2.45) is 5.73 Å². The fourth-order valence-electron chi connectivity index (χ4n) is 0.490. The Bertz CT molecular complexity index is 77.9. The molecule has 0 aromatic rings. The lowest BCUT2D eigenvalue weighted by molar-refractivity contribution is 0.143. The Kier molecular flexibility index (Phi) is 26.1. The number of aliphatic hydroxyl groups is 4. The Balaban J connectivity index is -0.000000267.